The van der Waals surface area contributed by atoms with Gasteiger partial charge in [0.15, 0.2) is 0 Å². The normalized spacial score (nSPS) is 12.5. The van der Waals surface area contributed by atoms with Crippen LogP contribution in [-0.4, -0.2) is 79.0 Å². The number of fused-ring (bicyclic) bond motifs is 1. The van der Waals surface area contributed by atoms with Crippen molar-refractivity contribution in [3.8, 4) is 0 Å². The van der Waals surface area contributed by atoms with Gasteiger partial charge in [0.25, 0.3) is 0 Å². The van der Waals surface area contributed by atoms with E-state index in [1.54, 1.807) is 11.1 Å². The SMILES string of the molecule is NCCNCCN(CCN)C(=O)C[C@H](N)C(=O)N[C@@H](CCc1ccccc1)C(=O)Nc1cnc2ccccc2c1. The summed E-state index contributed by atoms with van der Waals surface area (Å²) in [6.45, 7) is 2.73. The number of aryl methyl sites for hydroxylation is 1. The average Bonchev–Trinajstić information content (AvgIpc) is 2.97. The molecule has 2 aromatic carbocycles. The molecule has 0 aliphatic heterocycles. The van der Waals surface area contributed by atoms with Gasteiger partial charge in [-0.15, -0.1) is 0 Å². The Labute approximate surface area is 234 Å². The van der Waals surface area contributed by atoms with E-state index in [0.717, 1.165) is 16.5 Å². The zero-order valence-corrected chi connectivity index (χ0v) is 22.7. The number of amides is 3. The Balaban J connectivity index is 1.65. The predicted octanol–water partition coefficient (Wildman–Crippen LogP) is 0.344. The fourth-order valence-electron chi connectivity index (χ4n) is 4.24. The maximum Gasteiger partial charge on any atom is 0.247 e. The van der Waals surface area contributed by atoms with Gasteiger partial charge in [0, 0.05) is 44.7 Å². The number of nitrogens with zero attached hydrogens (tertiary/aromatic N) is 2. The van der Waals surface area contributed by atoms with E-state index in [1.807, 2.05) is 60.7 Å². The minimum absolute atomic E-state index is 0.204. The first-order valence-electron chi connectivity index (χ1n) is 13.6. The Morgan fingerprint density at radius 1 is 0.900 bits per heavy atom. The summed E-state index contributed by atoms with van der Waals surface area (Å²) in [5, 5.41) is 9.64. The molecule has 0 unspecified atom stereocenters. The van der Waals surface area contributed by atoms with E-state index in [1.165, 1.54) is 0 Å². The van der Waals surface area contributed by atoms with Crippen molar-refractivity contribution in [1.29, 1.82) is 0 Å². The molecule has 0 aliphatic carbocycles. The zero-order valence-electron chi connectivity index (χ0n) is 22.7. The van der Waals surface area contributed by atoms with Crippen molar-refractivity contribution in [3.05, 3.63) is 72.4 Å². The Morgan fingerprint density at radius 2 is 1.65 bits per heavy atom. The van der Waals surface area contributed by atoms with E-state index in [2.05, 4.69) is 20.9 Å². The second kappa shape index (κ2) is 16.3. The van der Waals surface area contributed by atoms with E-state index in [0.29, 0.717) is 51.3 Å². The molecule has 9 N–H and O–H groups in total. The smallest absolute Gasteiger partial charge is 0.247 e. The van der Waals surface area contributed by atoms with Gasteiger partial charge in [-0.3, -0.25) is 19.4 Å². The Morgan fingerprint density at radius 3 is 2.40 bits per heavy atom. The molecule has 40 heavy (non-hydrogen) atoms. The van der Waals surface area contributed by atoms with Crippen LogP contribution in [0.2, 0.25) is 0 Å². The fourth-order valence-corrected chi connectivity index (χ4v) is 4.24. The summed E-state index contributed by atoms with van der Waals surface area (Å²) in [7, 11) is 0. The number of nitrogens with two attached hydrogens (primary N) is 3. The molecule has 1 heterocycles. The maximum atomic E-state index is 13.3. The lowest BCUT2D eigenvalue weighted by Crippen LogP contribution is -2.52. The summed E-state index contributed by atoms with van der Waals surface area (Å²) >= 11 is 0. The van der Waals surface area contributed by atoms with Crippen molar-refractivity contribution in [1.82, 2.24) is 20.5 Å². The van der Waals surface area contributed by atoms with Crippen LogP contribution in [0.3, 0.4) is 0 Å². The number of rotatable bonds is 16. The lowest BCUT2D eigenvalue weighted by molar-refractivity contribution is -0.134. The van der Waals surface area contributed by atoms with E-state index in [9.17, 15) is 14.4 Å². The van der Waals surface area contributed by atoms with E-state index < -0.39 is 23.9 Å². The van der Waals surface area contributed by atoms with Gasteiger partial charge in [-0.25, -0.2) is 0 Å². The standard InChI is InChI=1S/C29H40N8O3/c30-12-14-33-15-17-37(16-13-31)27(38)19-24(32)28(39)36-26(11-10-21-6-2-1-3-7-21)29(40)35-23-18-22-8-4-5-9-25(22)34-20-23/h1-9,18,20,24,26,33H,10-17,19,30-32H2,(H,35,40)(H,36,39)/t24-,26-/m0/s1. The molecule has 3 rings (SSSR count). The maximum absolute atomic E-state index is 13.3. The highest BCUT2D eigenvalue weighted by Crippen LogP contribution is 2.17. The van der Waals surface area contributed by atoms with Crippen LogP contribution < -0.4 is 33.2 Å². The molecule has 1 aromatic heterocycles. The van der Waals surface area contributed by atoms with E-state index in [4.69, 9.17) is 17.2 Å². The zero-order chi connectivity index (χ0) is 28.7. The number of hydrogen-bond acceptors (Lipinski definition) is 8. The Hall–Kier alpha value is -3.90. The molecule has 3 amide bonds. The van der Waals surface area contributed by atoms with Crippen LogP contribution in [0.1, 0.15) is 18.4 Å². The third-order valence-electron chi connectivity index (χ3n) is 6.42. The van der Waals surface area contributed by atoms with Crippen LogP contribution >= 0.6 is 0 Å². The highest BCUT2D eigenvalue weighted by atomic mass is 16.2. The largest absolute Gasteiger partial charge is 0.343 e. The van der Waals surface area contributed by atoms with Crippen molar-refractivity contribution in [2.45, 2.75) is 31.3 Å². The van der Waals surface area contributed by atoms with Gasteiger partial charge in [-0.2, -0.15) is 0 Å². The number of carbonyl (C=O) groups is 3. The highest BCUT2D eigenvalue weighted by molar-refractivity contribution is 5.99. The number of aromatic nitrogens is 1. The van der Waals surface area contributed by atoms with Crippen LogP contribution in [0.5, 0.6) is 0 Å². The van der Waals surface area contributed by atoms with Crippen LogP contribution in [0.15, 0.2) is 66.9 Å². The number of anilines is 1. The summed E-state index contributed by atoms with van der Waals surface area (Å²) in [4.78, 5) is 45.2. The van der Waals surface area contributed by atoms with E-state index >= 15 is 0 Å². The summed E-state index contributed by atoms with van der Waals surface area (Å²) in [5.74, 6) is -1.25. The lowest BCUT2D eigenvalue weighted by atomic mass is 10.0. The number of para-hydroxylation sites is 1. The van der Waals surface area contributed by atoms with Crippen molar-refractivity contribution in [2.75, 3.05) is 44.6 Å². The molecule has 0 fully saturated rings. The monoisotopic (exact) mass is 548 g/mol. The molecule has 2 atom stereocenters. The van der Waals surface area contributed by atoms with Gasteiger partial charge in [0.2, 0.25) is 17.7 Å². The molecule has 0 spiro atoms. The average molecular weight is 549 g/mol. The first-order chi connectivity index (χ1) is 19.4. The summed E-state index contributed by atoms with van der Waals surface area (Å²) in [6.07, 6.45) is 2.28. The topological polar surface area (TPSA) is 181 Å². The van der Waals surface area contributed by atoms with Gasteiger partial charge in [-0.1, -0.05) is 48.5 Å². The minimum atomic E-state index is -1.13. The third-order valence-corrected chi connectivity index (χ3v) is 6.42. The van der Waals surface area contributed by atoms with Crippen LogP contribution in [-0.2, 0) is 20.8 Å². The van der Waals surface area contributed by atoms with Crippen molar-refractivity contribution < 1.29 is 14.4 Å². The Kier molecular flexibility index (Phi) is 12.5. The van der Waals surface area contributed by atoms with Crippen molar-refractivity contribution >= 4 is 34.3 Å². The van der Waals surface area contributed by atoms with Gasteiger partial charge in [-0.05, 0) is 30.5 Å². The molecule has 0 radical (unpaired) electrons. The highest BCUT2D eigenvalue weighted by Gasteiger charge is 2.26. The molecule has 214 valence electrons. The Bertz CT molecular complexity index is 1240. The summed E-state index contributed by atoms with van der Waals surface area (Å²) in [5.41, 5.74) is 19.6. The molecule has 3 aromatic rings. The first kappa shape index (κ1) is 30.6. The quantitative estimate of drug-likeness (QED) is 0.139. The lowest BCUT2D eigenvalue weighted by Gasteiger charge is -2.25. The molecule has 0 bridgehead atoms. The van der Waals surface area contributed by atoms with Crippen molar-refractivity contribution in [2.24, 2.45) is 17.2 Å². The first-order valence-corrected chi connectivity index (χ1v) is 13.6. The molecule has 0 saturated carbocycles. The minimum Gasteiger partial charge on any atom is -0.343 e. The van der Waals surface area contributed by atoms with Gasteiger partial charge in [0.05, 0.1) is 29.9 Å². The number of benzene rings is 2. The number of hydrogen-bond donors (Lipinski definition) is 6. The van der Waals surface area contributed by atoms with Gasteiger partial charge in [0.1, 0.15) is 6.04 Å². The number of nitrogens with one attached hydrogen (secondary N) is 3. The molecule has 11 heteroatoms. The van der Waals surface area contributed by atoms with Gasteiger partial charge < -0.3 is 38.1 Å². The second-order valence-corrected chi connectivity index (χ2v) is 9.51. The van der Waals surface area contributed by atoms with Crippen LogP contribution in [0.4, 0.5) is 5.69 Å². The number of pyridine rings is 1. The third kappa shape index (κ3) is 9.69. The van der Waals surface area contributed by atoms with E-state index in [-0.39, 0.29) is 18.9 Å². The molecule has 11 nitrogen and oxygen atoms in total. The second-order valence-electron chi connectivity index (χ2n) is 9.51. The van der Waals surface area contributed by atoms with Crippen LogP contribution in [0.25, 0.3) is 10.9 Å². The summed E-state index contributed by atoms with van der Waals surface area (Å²) in [6, 6.07) is 17.1. The molecule has 0 saturated heterocycles. The molecular formula is C29H40N8O3. The number of carbonyl (C=O) groups excluding carboxylic acids is 3. The predicted molar refractivity (Wildman–Crippen MR) is 157 cm³/mol. The summed E-state index contributed by atoms with van der Waals surface area (Å²) < 4.78 is 0. The van der Waals surface area contributed by atoms with Crippen molar-refractivity contribution in [3.63, 3.8) is 0 Å². The molecular weight excluding hydrogens is 508 g/mol. The molecule has 0 aliphatic rings. The van der Waals surface area contributed by atoms with Crippen LogP contribution in [0, 0.1) is 0 Å². The fraction of sp³-hybridized carbons (Fsp3) is 0.379. The van der Waals surface area contributed by atoms with Gasteiger partial charge >= 0.3 is 0 Å².